The molecule has 9 nitrogen and oxygen atoms in total. The number of carbonyl (C=O) groups excluding carboxylic acids is 1. The zero-order valence-electron chi connectivity index (χ0n) is 13.0. The molecule has 0 aliphatic carbocycles. The molecule has 0 unspecified atom stereocenters. The highest BCUT2D eigenvalue weighted by atomic mass is 16.6. The van der Waals surface area contributed by atoms with Gasteiger partial charge in [-0.15, -0.1) is 0 Å². The molecular weight excluding hydrogens is 316 g/mol. The quantitative estimate of drug-likeness (QED) is 0.444. The molecule has 9 heteroatoms. The molecule has 1 aliphatic heterocycles. The summed E-state index contributed by atoms with van der Waals surface area (Å²) in [7, 11) is 0. The Hall–Kier alpha value is -3.10. The number of anilines is 1. The van der Waals surface area contributed by atoms with Gasteiger partial charge in [-0.2, -0.15) is 5.10 Å². The molecule has 3 rings (SSSR count). The first-order valence-corrected chi connectivity index (χ1v) is 7.35. The highest BCUT2D eigenvalue weighted by Gasteiger charge is 2.47. The number of benzene rings is 1. The van der Waals surface area contributed by atoms with Crippen molar-refractivity contribution in [3.05, 3.63) is 45.6 Å². The fourth-order valence-corrected chi connectivity index (χ4v) is 2.95. The van der Waals surface area contributed by atoms with Crippen molar-refractivity contribution >= 4 is 11.7 Å². The molecule has 0 spiro atoms. The lowest BCUT2D eigenvalue weighted by atomic mass is 9.83. The van der Waals surface area contributed by atoms with E-state index in [1.165, 1.54) is 24.4 Å². The molecule has 126 valence electrons. The zero-order chi connectivity index (χ0) is 17.6. The van der Waals surface area contributed by atoms with Crippen LogP contribution < -0.4 is 5.32 Å². The van der Waals surface area contributed by atoms with Crippen molar-refractivity contribution in [1.82, 2.24) is 9.78 Å². The van der Waals surface area contributed by atoms with Crippen molar-refractivity contribution in [2.24, 2.45) is 0 Å². The Labute approximate surface area is 136 Å². The molecular formula is C15H16N4O5. The molecule has 1 aromatic heterocycles. The Morgan fingerprint density at radius 1 is 1.33 bits per heavy atom. The summed E-state index contributed by atoms with van der Waals surface area (Å²) in [6.07, 6.45) is 1.49. The number of nitrogens with zero attached hydrogens (tertiary/aromatic N) is 3. The molecule has 1 aliphatic rings. The van der Waals surface area contributed by atoms with Crippen LogP contribution in [0.2, 0.25) is 0 Å². The molecule has 0 radical (unpaired) electrons. The molecule has 24 heavy (non-hydrogen) atoms. The number of phenols is 2. The maximum absolute atomic E-state index is 12.3. The Bertz CT molecular complexity index is 829. The van der Waals surface area contributed by atoms with Gasteiger partial charge in [0, 0.05) is 16.5 Å². The van der Waals surface area contributed by atoms with E-state index in [0.29, 0.717) is 16.9 Å². The number of carbonyl (C=O) groups is 1. The smallest absolute Gasteiger partial charge is 0.301 e. The number of nitro groups is 1. The number of nitrogens with one attached hydrogen (secondary N) is 1. The Morgan fingerprint density at radius 3 is 2.62 bits per heavy atom. The zero-order valence-corrected chi connectivity index (χ0v) is 13.0. The molecule has 0 fully saturated rings. The van der Waals surface area contributed by atoms with E-state index >= 15 is 0 Å². The van der Waals surface area contributed by atoms with Crippen molar-refractivity contribution in [3.8, 4) is 11.5 Å². The van der Waals surface area contributed by atoms with Crippen LogP contribution in [0.15, 0.2) is 24.4 Å². The third-order valence-corrected chi connectivity index (χ3v) is 4.06. The number of hydrogen-bond donors (Lipinski definition) is 3. The highest BCUT2D eigenvalue weighted by Crippen LogP contribution is 2.41. The van der Waals surface area contributed by atoms with E-state index in [9.17, 15) is 25.1 Å². The summed E-state index contributed by atoms with van der Waals surface area (Å²) in [5.41, 5.74) is 0.849. The van der Waals surface area contributed by atoms with Crippen LogP contribution in [0.25, 0.3) is 0 Å². The van der Waals surface area contributed by atoms with Crippen LogP contribution in [0.1, 0.15) is 36.9 Å². The topological polar surface area (TPSA) is 131 Å². The number of phenolic OH excluding ortho intramolecular Hbond substituents is 2. The van der Waals surface area contributed by atoms with E-state index in [-0.39, 0.29) is 11.8 Å². The summed E-state index contributed by atoms with van der Waals surface area (Å²) in [4.78, 5) is 23.1. The Morgan fingerprint density at radius 2 is 2.04 bits per heavy atom. The van der Waals surface area contributed by atoms with E-state index in [2.05, 4.69) is 10.4 Å². The fraction of sp³-hybridized carbons (Fsp3) is 0.333. The number of aromatic nitrogens is 2. The second kappa shape index (κ2) is 5.52. The first-order valence-electron chi connectivity index (χ1n) is 7.35. The maximum Gasteiger partial charge on any atom is 0.301 e. The fourth-order valence-electron chi connectivity index (χ4n) is 2.95. The van der Waals surface area contributed by atoms with Gasteiger partial charge in [-0.05, 0) is 31.5 Å². The van der Waals surface area contributed by atoms with Gasteiger partial charge in [0.15, 0.2) is 11.5 Å². The summed E-state index contributed by atoms with van der Waals surface area (Å²) in [6.45, 7) is 3.75. The average Bonchev–Trinajstić information content (AvgIpc) is 2.91. The van der Waals surface area contributed by atoms with E-state index in [4.69, 9.17) is 0 Å². The van der Waals surface area contributed by atoms with E-state index in [0.717, 1.165) is 0 Å². The van der Waals surface area contributed by atoms with Crippen LogP contribution in [-0.2, 0) is 4.79 Å². The van der Waals surface area contributed by atoms with Gasteiger partial charge in [-0.25, -0.2) is 4.68 Å². The number of fused-ring (bicyclic) bond motifs is 1. The molecule has 2 aromatic rings. The van der Waals surface area contributed by atoms with Gasteiger partial charge in [0.25, 0.3) is 0 Å². The van der Waals surface area contributed by atoms with Crippen molar-refractivity contribution in [2.45, 2.75) is 31.8 Å². The molecule has 0 bridgehead atoms. The van der Waals surface area contributed by atoms with E-state index < -0.39 is 28.5 Å². The van der Waals surface area contributed by atoms with Crippen molar-refractivity contribution in [1.29, 1.82) is 0 Å². The normalized spacial score (nSPS) is 19.9. The van der Waals surface area contributed by atoms with Gasteiger partial charge in [0.05, 0.1) is 12.1 Å². The molecule has 1 aromatic carbocycles. The van der Waals surface area contributed by atoms with Crippen LogP contribution in [0.5, 0.6) is 11.5 Å². The Balaban J connectivity index is 2.21. The predicted octanol–water partition coefficient (Wildman–Crippen LogP) is 1.60. The summed E-state index contributed by atoms with van der Waals surface area (Å²) in [5, 5.41) is 37.4. The molecule has 0 saturated carbocycles. The summed E-state index contributed by atoms with van der Waals surface area (Å²) >= 11 is 0. The monoisotopic (exact) mass is 332 g/mol. The van der Waals surface area contributed by atoms with Crippen LogP contribution in [0.3, 0.4) is 0 Å². The minimum absolute atomic E-state index is 0.0462. The molecule has 2 heterocycles. The number of rotatable bonds is 3. The summed E-state index contributed by atoms with van der Waals surface area (Å²) < 4.78 is 1.58. The summed E-state index contributed by atoms with van der Waals surface area (Å²) in [5.74, 6) is -1.99. The molecule has 2 atom stereocenters. The van der Waals surface area contributed by atoms with Crippen molar-refractivity contribution < 1.29 is 19.9 Å². The van der Waals surface area contributed by atoms with Gasteiger partial charge in [-0.1, -0.05) is 6.07 Å². The van der Waals surface area contributed by atoms with Gasteiger partial charge in [-0.3, -0.25) is 14.9 Å². The lowest BCUT2D eigenvalue weighted by Crippen LogP contribution is -2.44. The van der Waals surface area contributed by atoms with Gasteiger partial charge in [0.1, 0.15) is 5.82 Å². The maximum atomic E-state index is 12.3. The Kier molecular flexibility index (Phi) is 3.63. The summed E-state index contributed by atoms with van der Waals surface area (Å²) in [6, 6.07) is 2.32. The lowest BCUT2D eigenvalue weighted by Gasteiger charge is -2.27. The number of aromatic hydroxyl groups is 2. The lowest BCUT2D eigenvalue weighted by molar-refractivity contribution is -0.509. The van der Waals surface area contributed by atoms with Crippen LogP contribution in [0.4, 0.5) is 5.82 Å². The van der Waals surface area contributed by atoms with Gasteiger partial charge in [0.2, 0.25) is 0 Å². The minimum atomic E-state index is -1.55. The molecule has 3 N–H and O–H groups in total. The van der Waals surface area contributed by atoms with Crippen molar-refractivity contribution in [3.63, 3.8) is 0 Å². The average molecular weight is 332 g/mol. The first kappa shape index (κ1) is 15.8. The number of hydrogen-bond acceptors (Lipinski definition) is 6. The van der Waals surface area contributed by atoms with E-state index in [1.807, 2.05) is 13.8 Å². The molecule has 0 saturated heterocycles. The van der Waals surface area contributed by atoms with Crippen LogP contribution >= 0.6 is 0 Å². The number of amides is 1. The van der Waals surface area contributed by atoms with Gasteiger partial charge >= 0.3 is 11.9 Å². The van der Waals surface area contributed by atoms with Crippen molar-refractivity contribution in [2.75, 3.05) is 5.32 Å². The van der Waals surface area contributed by atoms with Crippen LogP contribution in [-0.4, -0.2) is 36.9 Å². The minimum Gasteiger partial charge on any atom is -0.504 e. The van der Waals surface area contributed by atoms with Gasteiger partial charge < -0.3 is 15.5 Å². The standard InChI is InChI=1S/C15H16N4O5/c1-7(2)18-14-9(6-16-18)12(13(19(23)24)15(22)17-14)8-3-4-10(20)11(21)5-8/h3-7,12-13,20-21H,1-2H3,(H,17,22)/t12-,13+/m1/s1. The second-order valence-corrected chi connectivity index (χ2v) is 5.93. The molecule has 1 amide bonds. The second-order valence-electron chi connectivity index (χ2n) is 5.93. The predicted molar refractivity (Wildman–Crippen MR) is 83.6 cm³/mol. The van der Waals surface area contributed by atoms with Crippen LogP contribution in [0, 0.1) is 10.1 Å². The highest BCUT2D eigenvalue weighted by molar-refractivity contribution is 5.98. The third kappa shape index (κ3) is 2.34. The largest absolute Gasteiger partial charge is 0.504 e. The third-order valence-electron chi connectivity index (χ3n) is 4.06. The van der Waals surface area contributed by atoms with E-state index in [1.54, 1.807) is 4.68 Å². The SMILES string of the molecule is CC(C)n1ncc2c1NC(=O)[C@@H]([N+](=O)[O-])[C@@H]2c1ccc(O)c(O)c1. The first-order chi connectivity index (χ1) is 11.3.